The van der Waals surface area contributed by atoms with Crippen LogP contribution in [0.25, 0.3) is 0 Å². The van der Waals surface area contributed by atoms with Gasteiger partial charge < -0.3 is 5.73 Å². The minimum atomic E-state index is -0.0956. The van der Waals surface area contributed by atoms with E-state index in [1.165, 1.54) is 37.0 Å². The van der Waals surface area contributed by atoms with Crippen LogP contribution in [-0.2, 0) is 5.41 Å². The zero-order chi connectivity index (χ0) is 12.3. The molecular weight excluding hydrogens is 240 g/mol. The van der Waals surface area contributed by atoms with Crippen LogP contribution >= 0.6 is 11.3 Å². The summed E-state index contributed by atoms with van der Waals surface area (Å²) in [5.74, 6) is 3.59. The Bertz CT molecular complexity index is 449. The van der Waals surface area contributed by atoms with Gasteiger partial charge in [-0.2, -0.15) is 0 Å². The van der Waals surface area contributed by atoms with Gasteiger partial charge in [-0.3, -0.25) is 5.41 Å². The number of hydrogen-bond donors (Lipinski definition) is 2. The smallest absolute Gasteiger partial charge is 0.103 e. The van der Waals surface area contributed by atoms with E-state index in [1.807, 2.05) is 11.3 Å². The van der Waals surface area contributed by atoms with Crippen LogP contribution in [-0.4, -0.2) is 5.84 Å². The summed E-state index contributed by atoms with van der Waals surface area (Å²) in [7, 11) is 0. The predicted molar refractivity (Wildman–Crippen MR) is 75.0 cm³/mol. The first-order valence-corrected chi connectivity index (χ1v) is 7.97. The lowest BCUT2D eigenvalue weighted by Crippen LogP contribution is -2.61. The minimum Gasteiger partial charge on any atom is -0.387 e. The third-order valence-corrected chi connectivity index (χ3v) is 6.82. The second-order valence-electron chi connectivity index (χ2n) is 6.56. The molecule has 4 aliphatic carbocycles. The highest BCUT2D eigenvalue weighted by Crippen LogP contribution is 2.63. The quantitative estimate of drug-likeness (QED) is 0.621. The van der Waals surface area contributed by atoms with E-state index in [4.69, 9.17) is 11.1 Å². The third kappa shape index (κ3) is 1.21. The van der Waals surface area contributed by atoms with Crippen LogP contribution in [0.3, 0.4) is 0 Å². The Hall–Kier alpha value is -0.830. The minimum absolute atomic E-state index is 0.0956. The van der Waals surface area contributed by atoms with Crippen molar-refractivity contribution >= 4 is 17.2 Å². The van der Waals surface area contributed by atoms with Gasteiger partial charge in [-0.15, -0.1) is 11.3 Å². The molecular formula is C15H20N2S. The Morgan fingerprint density at radius 2 is 1.78 bits per heavy atom. The molecule has 1 heterocycles. The van der Waals surface area contributed by atoms with Crippen molar-refractivity contribution in [1.82, 2.24) is 0 Å². The van der Waals surface area contributed by atoms with E-state index in [0.29, 0.717) is 17.7 Å². The molecule has 5 rings (SSSR count). The van der Waals surface area contributed by atoms with Crippen molar-refractivity contribution in [3.63, 3.8) is 0 Å². The van der Waals surface area contributed by atoms with Gasteiger partial charge in [0, 0.05) is 4.88 Å². The maximum Gasteiger partial charge on any atom is 0.103 e. The molecule has 0 aliphatic heterocycles. The Morgan fingerprint density at radius 3 is 2.22 bits per heavy atom. The maximum absolute atomic E-state index is 8.28. The van der Waals surface area contributed by atoms with E-state index < -0.39 is 0 Å². The highest BCUT2D eigenvalue weighted by atomic mass is 32.1. The molecule has 4 aliphatic rings. The van der Waals surface area contributed by atoms with E-state index in [9.17, 15) is 0 Å². The molecule has 4 saturated carbocycles. The second kappa shape index (κ2) is 3.60. The zero-order valence-electron chi connectivity index (χ0n) is 10.6. The monoisotopic (exact) mass is 260 g/mol. The molecule has 1 aromatic heterocycles. The van der Waals surface area contributed by atoms with Crippen LogP contribution in [0.1, 0.15) is 37.0 Å². The van der Waals surface area contributed by atoms with Crippen molar-refractivity contribution in [3.8, 4) is 0 Å². The summed E-state index contributed by atoms with van der Waals surface area (Å²) < 4.78 is 0. The summed E-state index contributed by atoms with van der Waals surface area (Å²) >= 11 is 1.81. The fourth-order valence-corrected chi connectivity index (χ4v) is 6.52. The Labute approximate surface area is 112 Å². The second-order valence-corrected chi connectivity index (χ2v) is 7.51. The molecule has 96 valence electrons. The van der Waals surface area contributed by atoms with Crippen molar-refractivity contribution in [3.05, 3.63) is 22.4 Å². The number of nitrogens with two attached hydrogens (primary N) is 1. The van der Waals surface area contributed by atoms with E-state index in [1.54, 1.807) is 0 Å². The standard InChI is InChI=1S/C15H20N2S/c16-14(17)15(13-2-1-3-18-13)11-5-9-4-10(7-11)8-12(15)6-9/h1-3,9-12H,4-8H2,(H3,16,17). The van der Waals surface area contributed by atoms with Crippen molar-refractivity contribution in [2.24, 2.45) is 29.4 Å². The molecule has 4 fully saturated rings. The van der Waals surface area contributed by atoms with Gasteiger partial charge in [0.2, 0.25) is 0 Å². The first-order valence-electron chi connectivity index (χ1n) is 7.09. The molecule has 0 aromatic carbocycles. The van der Waals surface area contributed by atoms with E-state index in [-0.39, 0.29) is 5.41 Å². The first-order chi connectivity index (χ1) is 8.71. The molecule has 0 amide bonds. The molecule has 1 aromatic rings. The van der Waals surface area contributed by atoms with Crippen molar-refractivity contribution in [1.29, 1.82) is 5.41 Å². The van der Waals surface area contributed by atoms with Gasteiger partial charge in [0.15, 0.2) is 0 Å². The van der Waals surface area contributed by atoms with Crippen LogP contribution in [0.5, 0.6) is 0 Å². The molecule has 0 saturated heterocycles. The fourth-order valence-electron chi connectivity index (χ4n) is 5.42. The lowest BCUT2D eigenvalue weighted by Gasteiger charge is -2.60. The average Bonchev–Trinajstić information content (AvgIpc) is 2.81. The van der Waals surface area contributed by atoms with Crippen LogP contribution < -0.4 is 5.73 Å². The molecule has 3 heteroatoms. The van der Waals surface area contributed by atoms with Crippen LogP contribution in [0.2, 0.25) is 0 Å². The number of rotatable bonds is 2. The average molecular weight is 260 g/mol. The summed E-state index contributed by atoms with van der Waals surface area (Å²) in [4.78, 5) is 1.36. The molecule has 0 radical (unpaired) electrons. The van der Waals surface area contributed by atoms with Gasteiger partial charge in [0.25, 0.3) is 0 Å². The van der Waals surface area contributed by atoms with Crippen molar-refractivity contribution in [2.75, 3.05) is 0 Å². The lowest BCUT2D eigenvalue weighted by molar-refractivity contribution is -0.0285. The summed E-state index contributed by atoms with van der Waals surface area (Å²) in [6.45, 7) is 0. The van der Waals surface area contributed by atoms with Crippen molar-refractivity contribution in [2.45, 2.75) is 37.5 Å². The van der Waals surface area contributed by atoms with E-state index in [2.05, 4.69) is 17.5 Å². The summed E-state index contributed by atoms with van der Waals surface area (Å²) in [5, 5.41) is 10.4. The number of hydrogen-bond acceptors (Lipinski definition) is 2. The van der Waals surface area contributed by atoms with Gasteiger partial charge in [0.05, 0.1) is 5.41 Å². The molecule has 18 heavy (non-hydrogen) atoms. The van der Waals surface area contributed by atoms with Crippen molar-refractivity contribution < 1.29 is 0 Å². The zero-order valence-corrected chi connectivity index (χ0v) is 11.4. The SMILES string of the molecule is N=C(N)C1(c2cccs2)C2CC3CC(C2)CC1C3. The predicted octanol–water partition coefficient (Wildman–Crippen LogP) is 3.38. The van der Waals surface area contributed by atoms with E-state index >= 15 is 0 Å². The summed E-state index contributed by atoms with van der Waals surface area (Å²) in [6, 6.07) is 4.34. The largest absolute Gasteiger partial charge is 0.387 e. The molecule has 0 unspecified atom stereocenters. The molecule has 2 nitrogen and oxygen atoms in total. The molecule has 3 N–H and O–H groups in total. The maximum atomic E-state index is 8.28. The highest BCUT2D eigenvalue weighted by Gasteiger charge is 2.60. The highest BCUT2D eigenvalue weighted by molar-refractivity contribution is 7.10. The third-order valence-electron chi connectivity index (χ3n) is 5.80. The normalized spacial score (nSPS) is 45.3. The van der Waals surface area contributed by atoms with Gasteiger partial charge in [0.1, 0.15) is 5.84 Å². The van der Waals surface area contributed by atoms with Gasteiger partial charge >= 0.3 is 0 Å². The number of thiophene rings is 1. The molecule has 0 atom stereocenters. The number of nitrogens with one attached hydrogen (secondary N) is 1. The Kier molecular flexibility index (Phi) is 2.20. The van der Waals surface area contributed by atoms with Gasteiger partial charge in [-0.25, -0.2) is 0 Å². The van der Waals surface area contributed by atoms with Crippen LogP contribution in [0.15, 0.2) is 17.5 Å². The topological polar surface area (TPSA) is 49.9 Å². The van der Waals surface area contributed by atoms with Gasteiger partial charge in [-0.05, 0) is 67.2 Å². The van der Waals surface area contributed by atoms with Crippen LogP contribution in [0, 0.1) is 29.1 Å². The fraction of sp³-hybridized carbons (Fsp3) is 0.667. The van der Waals surface area contributed by atoms with Crippen LogP contribution in [0.4, 0.5) is 0 Å². The summed E-state index contributed by atoms with van der Waals surface area (Å²) in [6.07, 6.45) is 6.69. The Morgan fingerprint density at radius 1 is 1.17 bits per heavy atom. The summed E-state index contributed by atoms with van der Waals surface area (Å²) in [5.41, 5.74) is 6.04. The molecule has 0 spiro atoms. The van der Waals surface area contributed by atoms with Gasteiger partial charge in [-0.1, -0.05) is 6.07 Å². The number of amidine groups is 1. The first kappa shape index (κ1) is 11.0. The Balaban J connectivity index is 1.87. The lowest BCUT2D eigenvalue weighted by atomic mass is 9.44. The molecule has 4 bridgehead atoms. The van der Waals surface area contributed by atoms with E-state index in [0.717, 1.165) is 11.8 Å².